The average Bonchev–Trinajstić information content (AvgIpc) is 3.15. The topological polar surface area (TPSA) is 56.1 Å². The third kappa shape index (κ3) is 5.14. The molecular weight excluding hydrogens is 454 g/mol. The van der Waals surface area contributed by atoms with Gasteiger partial charge in [-0.15, -0.1) is 0 Å². The number of rotatable bonds is 8. The fourth-order valence-corrected chi connectivity index (χ4v) is 3.82. The van der Waals surface area contributed by atoms with Crippen LogP contribution in [0.15, 0.2) is 77.3 Å². The van der Waals surface area contributed by atoms with Crippen molar-refractivity contribution >= 4 is 32.9 Å². The predicted octanol–water partition coefficient (Wildman–Crippen LogP) is 5.22. The van der Waals surface area contributed by atoms with Crippen LogP contribution in [0.5, 0.6) is 5.75 Å². The molecule has 0 aliphatic rings. The van der Waals surface area contributed by atoms with E-state index in [2.05, 4.69) is 44.0 Å². The molecule has 0 saturated carbocycles. The van der Waals surface area contributed by atoms with Gasteiger partial charge < -0.3 is 14.6 Å². The maximum absolute atomic E-state index is 12.3. The molecule has 0 unspecified atom stereocenters. The first-order chi connectivity index (χ1) is 15.1. The van der Waals surface area contributed by atoms with Crippen molar-refractivity contribution in [1.82, 2.24) is 14.9 Å². The largest absolute Gasteiger partial charge is 0.497 e. The zero-order valence-corrected chi connectivity index (χ0v) is 18.9. The Balaban J connectivity index is 1.43. The summed E-state index contributed by atoms with van der Waals surface area (Å²) >= 11 is 3.39. The minimum absolute atomic E-state index is 0.0563. The summed E-state index contributed by atoms with van der Waals surface area (Å²) in [6.45, 7) is 1.34. The molecule has 0 spiro atoms. The fraction of sp³-hybridized carbons (Fsp3) is 0.200. The van der Waals surface area contributed by atoms with E-state index in [0.717, 1.165) is 46.5 Å². The van der Waals surface area contributed by atoms with E-state index >= 15 is 0 Å². The Hall–Kier alpha value is -3.12. The number of fused-ring (bicyclic) bond motifs is 1. The quantitative estimate of drug-likeness (QED) is 0.354. The van der Waals surface area contributed by atoms with Crippen molar-refractivity contribution in [2.45, 2.75) is 19.4 Å². The number of nitrogens with zero attached hydrogens (tertiary/aromatic N) is 2. The zero-order valence-electron chi connectivity index (χ0n) is 17.3. The summed E-state index contributed by atoms with van der Waals surface area (Å²) in [5.41, 5.74) is 3.96. The summed E-state index contributed by atoms with van der Waals surface area (Å²) in [6, 6.07) is 23.7. The number of carbonyl (C=O) groups is 1. The molecule has 5 nitrogen and oxygen atoms in total. The van der Waals surface area contributed by atoms with Gasteiger partial charge in [0.1, 0.15) is 11.6 Å². The molecule has 1 heterocycles. The third-order valence-corrected chi connectivity index (χ3v) is 5.73. The van der Waals surface area contributed by atoms with Crippen LogP contribution in [0, 0.1) is 0 Å². The number of nitrogens with one attached hydrogen (secondary N) is 1. The number of benzene rings is 3. The Morgan fingerprint density at radius 2 is 1.77 bits per heavy atom. The molecule has 0 aliphatic heterocycles. The first-order valence-electron chi connectivity index (χ1n) is 10.2. The van der Waals surface area contributed by atoms with E-state index in [9.17, 15) is 4.79 Å². The van der Waals surface area contributed by atoms with Gasteiger partial charge in [-0.05, 0) is 60.5 Å². The van der Waals surface area contributed by atoms with Crippen LogP contribution in [-0.4, -0.2) is 29.1 Å². The highest BCUT2D eigenvalue weighted by atomic mass is 79.9. The maximum atomic E-state index is 12.3. The van der Waals surface area contributed by atoms with Crippen LogP contribution in [0.3, 0.4) is 0 Å². The second-order valence-electron chi connectivity index (χ2n) is 7.32. The summed E-state index contributed by atoms with van der Waals surface area (Å²) in [5, 5.41) is 3.00. The van der Waals surface area contributed by atoms with E-state index in [4.69, 9.17) is 9.72 Å². The Morgan fingerprint density at radius 1 is 1.03 bits per heavy atom. The van der Waals surface area contributed by atoms with Gasteiger partial charge in [0.2, 0.25) is 0 Å². The smallest absolute Gasteiger partial charge is 0.251 e. The van der Waals surface area contributed by atoms with Gasteiger partial charge >= 0.3 is 0 Å². The Kier molecular flexibility index (Phi) is 6.67. The normalized spacial score (nSPS) is 10.9. The van der Waals surface area contributed by atoms with Gasteiger partial charge in [0.15, 0.2) is 0 Å². The lowest BCUT2D eigenvalue weighted by Crippen LogP contribution is -2.25. The van der Waals surface area contributed by atoms with Crippen LogP contribution in [0.4, 0.5) is 0 Å². The molecule has 1 aromatic heterocycles. The molecule has 1 N–H and O–H groups in total. The number of hydrogen-bond donors (Lipinski definition) is 1. The van der Waals surface area contributed by atoms with Gasteiger partial charge in [0.05, 0.1) is 18.1 Å². The van der Waals surface area contributed by atoms with Gasteiger partial charge in [0.25, 0.3) is 5.91 Å². The Bertz CT molecular complexity index is 1170. The summed E-state index contributed by atoms with van der Waals surface area (Å²) < 4.78 is 8.48. The van der Waals surface area contributed by atoms with E-state index in [-0.39, 0.29) is 5.91 Å². The molecule has 3 aromatic carbocycles. The summed E-state index contributed by atoms with van der Waals surface area (Å²) in [4.78, 5) is 17.2. The number of imidazole rings is 1. The molecule has 31 heavy (non-hydrogen) atoms. The number of ether oxygens (including phenoxy) is 1. The lowest BCUT2D eigenvalue weighted by Gasteiger charge is -2.11. The minimum atomic E-state index is -0.0563. The zero-order chi connectivity index (χ0) is 21.6. The van der Waals surface area contributed by atoms with E-state index in [1.54, 1.807) is 7.11 Å². The second kappa shape index (κ2) is 9.79. The SMILES string of the molecule is COc1ccc(Cn2c(CCCNC(=O)c3ccc(Br)cc3)nc3ccccc32)cc1. The van der Waals surface area contributed by atoms with E-state index in [1.165, 1.54) is 5.56 Å². The number of hydrogen-bond acceptors (Lipinski definition) is 3. The van der Waals surface area contributed by atoms with Crippen LogP contribution in [-0.2, 0) is 13.0 Å². The number of carbonyl (C=O) groups excluding carboxylic acids is 1. The highest BCUT2D eigenvalue weighted by Gasteiger charge is 2.11. The first-order valence-corrected chi connectivity index (χ1v) is 11.0. The molecule has 0 fully saturated rings. The van der Waals surface area contributed by atoms with E-state index < -0.39 is 0 Å². The van der Waals surface area contributed by atoms with Crippen LogP contribution in [0.1, 0.15) is 28.2 Å². The number of amides is 1. The minimum Gasteiger partial charge on any atom is -0.497 e. The first kappa shape index (κ1) is 21.1. The molecule has 4 rings (SSSR count). The number of aromatic nitrogens is 2. The van der Waals surface area contributed by atoms with Gasteiger partial charge in [-0.1, -0.05) is 40.2 Å². The van der Waals surface area contributed by atoms with Crippen molar-refractivity contribution in [3.8, 4) is 5.75 Å². The second-order valence-corrected chi connectivity index (χ2v) is 8.23. The van der Waals surface area contributed by atoms with Crippen molar-refractivity contribution in [2.24, 2.45) is 0 Å². The number of para-hydroxylation sites is 2. The molecule has 158 valence electrons. The van der Waals surface area contributed by atoms with Crippen molar-refractivity contribution < 1.29 is 9.53 Å². The number of halogens is 1. The maximum Gasteiger partial charge on any atom is 0.251 e. The third-order valence-electron chi connectivity index (χ3n) is 5.20. The predicted molar refractivity (Wildman–Crippen MR) is 127 cm³/mol. The monoisotopic (exact) mass is 477 g/mol. The molecule has 0 saturated heterocycles. The van der Waals surface area contributed by atoms with Crippen LogP contribution in [0.2, 0.25) is 0 Å². The lowest BCUT2D eigenvalue weighted by molar-refractivity contribution is 0.0953. The van der Waals surface area contributed by atoms with Crippen LogP contribution in [0.25, 0.3) is 11.0 Å². The van der Waals surface area contributed by atoms with Crippen LogP contribution >= 0.6 is 15.9 Å². The van der Waals surface area contributed by atoms with Gasteiger partial charge in [-0.3, -0.25) is 4.79 Å². The van der Waals surface area contributed by atoms with Crippen molar-refractivity contribution in [1.29, 1.82) is 0 Å². The van der Waals surface area contributed by atoms with Gasteiger partial charge in [-0.25, -0.2) is 4.98 Å². The molecule has 6 heteroatoms. The molecule has 0 bridgehead atoms. The molecule has 0 radical (unpaired) electrons. The fourth-order valence-electron chi connectivity index (χ4n) is 3.56. The molecule has 0 aliphatic carbocycles. The highest BCUT2D eigenvalue weighted by Crippen LogP contribution is 2.20. The molecular formula is C25H24BrN3O2. The van der Waals surface area contributed by atoms with Gasteiger partial charge in [0, 0.05) is 29.5 Å². The van der Waals surface area contributed by atoms with E-state index in [1.807, 2.05) is 54.6 Å². The number of aryl methyl sites for hydroxylation is 1. The van der Waals surface area contributed by atoms with Gasteiger partial charge in [-0.2, -0.15) is 0 Å². The summed E-state index contributed by atoms with van der Waals surface area (Å²) in [6.07, 6.45) is 1.60. The highest BCUT2D eigenvalue weighted by molar-refractivity contribution is 9.10. The Morgan fingerprint density at radius 3 is 2.52 bits per heavy atom. The average molecular weight is 478 g/mol. The summed E-state index contributed by atoms with van der Waals surface area (Å²) in [5.74, 6) is 1.81. The summed E-state index contributed by atoms with van der Waals surface area (Å²) in [7, 11) is 1.67. The van der Waals surface area contributed by atoms with Crippen molar-refractivity contribution in [3.63, 3.8) is 0 Å². The Labute approximate surface area is 190 Å². The van der Waals surface area contributed by atoms with Crippen molar-refractivity contribution in [2.75, 3.05) is 13.7 Å². The molecule has 4 aromatic rings. The standard InChI is InChI=1S/C25H24BrN3O2/c1-31-21-14-8-18(9-15-21)17-29-23-6-3-2-5-22(23)28-24(29)7-4-16-27-25(30)19-10-12-20(26)13-11-19/h2-3,5-6,8-15H,4,7,16-17H2,1H3,(H,27,30). The number of methoxy groups -OCH3 is 1. The van der Waals surface area contributed by atoms with Crippen molar-refractivity contribution in [3.05, 3.63) is 94.2 Å². The lowest BCUT2D eigenvalue weighted by atomic mass is 10.2. The molecule has 0 atom stereocenters. The van der Waals surface area contributed by atoms with Crippen LogP contribution < -0.4 is 10.1 Å². The molecule has 1 amide bonds. The van der Waals surface area contributed by atoms with E-state index in [0.29, 0.717) is 12.1 Å².